The molecule has 1 amide bonds. The van der Waals surface area contributed by atoms with Gasteiger partial charge in [-0.05, 0) is 43.5 Å². The number of benzene rings is 1. The van der Waals surface area contributed by atoms with E-state index in [4.69, 9.17) is 4.74 Å². The largest absolute Gasteiger partial charge is 0.494 e. The third-order valence-electron chi connectivity index (χ3n) is 4.69. The summed E-state index contributed by atoms with van der Waals surface area (Å²) in [6, 6.07) is 6.28. The quantitative estimate of drug-likeness (QED) is 0.610. The van der Waals surface area contributed by atoms with Crippen molar-refractivity contribution in [1.82, 2.24) is 10.0 Å². The maximum Gasteiger partial charge on any atom is 0.240 e. The van der Waals surface area contributed by atoms with E-state index >= 15 is 0 Å². The predicted molar refractivity (Wildman–Crippen MR) is 102 cm³/mol. The third kappa shape index (κ3) is 6.96. The van der Waals surface area contributed by atoms with Gasteiger partial charge in [-0.1, -0.05) is 32.1 Å². The zero-order valence-corrected chi connectivity index (χ0v) is 16.3. The van der Waals surface area contributed by atoms with E-state index < -0.39 is 10.0 Å². The number of rotatable bonds is 10. The molecule has 0 aromatic heterocycles. The Morgan fingerprint density at radius 1 is 1.12 bits per heavy atom. The van der Waals surface area contributed by atoms with Crippen LogP contribution in [0.15, 0.2) is 29.2 Å². The molecule has 1 aliphatic rings. The Kier molecular flexibility index (Phi) is 8.38. The summed E-state index contributed by atoms with van der Waals surface area (Å²) in [4.78, 5) is 12.1. The molecule has 6 nitrogen and oxygen atoms in total. The summed E-state index contributed by atoms with van der Waals surface area (Å²) >= 11 is 0. The topological polar surface area (TPSA) is 84.5 Å². The fourth-order valence-corrected chi connectivity index (χ4v) is 4.28. The van der Waals surface area contributed by atoms with Crippen molar-refractivity contribution >= 4 is 15.9 Å². The van der Waals surface area contributed by atoms with Crippen LogP contribution in [0.3, 0.4) is 0 Å². The fraction of sp³-hybridized carbons (Fsp3) is 0.632. The van der Waals surface area contributed by atoms with Crippen molar-refractivity contribution < 1.29 is 17.9 Å². The van der Waals surface area contributed by atoms with Gasteiger partial charge in [0.25, 0.3) is 0 Å². The maximum atomic E-state index is 12.2. The molecule has 1 aromatic carbocycles. The molecule has 0 aliphatic heterocycles. The molecule has 0 atom stereocenters. The molecule has 0 heterocycles. The molecule has 0 radical (unpaired) electrons. The number of nitrogens with one attached hydrogen (secondary N) is 2. The van der Waals surface area contributed by atoms with Crippen LogP contribution in [0.1, 0.15) is 51.9 Å². The van der Waals surface area contributed by atoms with Gasteiger partial charge < -0.3 is 10.1 Å². The molecule has 1 fully saturated rings. The second-order valence-corrected chi connectivity index (χ2v) is 8.46. The fourth-order valence-electron chi connectivity index (χ4n) is 3.25. The average Bonchev–Trinajstić information content (AvgIpc) is 2.65. The highest BCUT2D eigenvalue weighted by atomic mass is 32.2. The van der Waals surface area contributed by atoms with Crippen molar-refractivity contribution in [3.8, 4) is 5.75 Å². The predicted octanol–water partition coefficient (Wildman–Crippen LogP) is 2.84. The van der Waals surface area contributed by atoms with E-state index in [0.717, 1.165) is 6.42 Å². The highest BCUT2D eigenvalue weighted by Gasteiger charge is 2.15. The Labute approximate surface area is 156 Å². The molecule has 2 rings (SSSR count). The third-order valence-corrected chi connectivity index (χ3v) is 6.17. The number of amides is 1. The minimum absolute atomic E-state index is 0.00385. The van der Waals surface area contributed by atoms with Gasteiger partial charge in [0.2, 0.25) is 15.9 Å². The lowest BCUT2D eigenvalue weighted by Gasteiger charge is -2.20. The standard InChI is InChI=1S/C19H30N2O4S/c1-2-25-17-9-11-18(12-10-17)26(23,24)21-15-14-20-19(22)13-8-16-6-4-3-5-7-16/h9-12,16,21H,2-8,13-15H2,1H3,(H,20,22). The first-order valence-corrected chi connectivity index (χ1v) is 11.0. The second kappa shape index (κ2) is 10.5. The van der Waals surface area contributed by atoms with Gasteiger partial charge in [-0.3, -0.25) is 4.79 Å². The Morgan fingerprint density at radius 3 is 2.46 bits per heavy atom. The van der Waals surface area contributed by atoms with Crippen LogP contribution in [0.4, 0.5) is 0 Å². The molecule has 146 valence electrons. The average molecular weight is 383 g/mol. The van der Waals surface area contributed by atoms with E-state index in [1.54, 1.807) is 12.1 Å². The van der Waals surface area contributed by atoms with Gasteiger partial charge in [-0.2, -0.15) is 0 Å². The summed E-state index contributed by atoms with van der Waals surface area (Å²) in [6.45, 7) is 2.87. The molecular formula is C19H30N2O4S. The van der Waals surface area contributed by atoms with Gasteiger partial charge in [0.15, 0.2) is 0 Å². The van der Waals surface area contributed by atoms with Crippen molar-refractivity contribution in [1.29, 1.82) is 0 Å². The summed E-state index contributed by atoms with van der Waals surface area (Å²) in [5, 5.41) is 2.79. The van der Waals surface area contributed by atoms with E-state index in [2.05, 4.69) is 10.0 Å². The number of hydrogen-bond acceptors (Lipinski definition) is 4. The summed E-state index contributed by atoms with van der Waals surface area (Å²) < 4.78 is 32.2. The first-order chi connectivity index (χ1) is 12.5. The van der Waals surface area contributed by atoms with Crippen LogP contribution in [-0.2, 0) is 14.8 Å². The van der Waals surface area contributed by atoms with Crippen LogP contribution in [0.2, 0.25) is 0 Å². The molecule has 1 saturated carbocycles. The van der Waals surface area contributed by atoms with Gasteiger partial charge in [0, 0.05) is 19.5 Å². The zero-order chi connectivity index (χ0) is 18.8. The number of carbonyl (C=O) groups excluding carboxylic acids is 1. The zero-order valence-electron chi connectivity index (χ0n) is 15.5. The Morgan fingerprint density at radius 2 is 1.81 bits per heavy atom. The number of carbonyl (C=O) groups is 1. The minimum atomic E-state index is -3.58. The van der Waals surface area contributed by atoms with E-state index in [1.807, 2.05) is 6.92 Å². The van der Waals surface area contributed by atoms with E-state index in [-0.39, 0.29) is 17.3 Å². The monoisotopic (exact) mass is 382 g/mol. The molecule has 0 unspecified atom stereocenters. The first kappa shape index (κ1) is 20.7. The lowest BCUT2D eigenvalue weighted by Crippen LogP contribution is -2.34. The molecule has 1 aliphatic carbocycles. The molecule has 0 spiro atoms. The van der Waals surface area contributed by atoms with Crippen molar-refractivity contribution in [3.05, 3.63) is 24.3 Å². The molecular weight excluding hydrogens is 352 g/mol. The molecule has 26 heavy (non-hydrogen) atoms. The molecule has 0 saturated heterocycles. The number of ether oxygens (including phenoxy) is 1. The van der Waals surface area contributed by atoms with Gasteiger partial charge in [-0.15, -0.1) is 0 Å². The summed E-state index contributed by atoms with van der Waals surface area (Å²) in [5.74, 6) is 1.31. The van der Waals surface area contributed by atoms with Crippen LogP contribution in [0, 0.1) is 5.92 Å². The van der Waals surface area contributed by atoms with Crippen molar-refractivity contribution in [2.75, 3.05) is 19.7 Å². The van der Waals surface area contributed by atoms with Gasteiger partial charge >= 0.3 is 0 Å². The van der Waals surface area contributed by atoms with Crippen LogP contribution in [0.25, 0.3) is 0 Å². The maximum absolute atomic E-state index is 12.2. The van der Waals surface area contributed by atoms with Crippen molar-refractivity contribution in [3.63, 3.8) is 0 Å². The SMILES string of the molecule is CCOc1ccc(S(=O)(=O)NCCNC(=O)CCC2CCCCC2)cc1. The molecule has 2 N–H and O–H groups in total. The second-order valence-electron chi connectivity index (χ2n) is 6.69. The van der Waals surface area contributed by atoms with Gasteiger partial charge in [0.1, 0.15) is 5.75 Å². The van der Waals surface area contributed by atoms with E-state index in [9.17, 15) is 13.2 Å². The number of hydrogen-bond donors (Lipinski definition) is 2. The summed E-state index contributed by atoms with van der Waals surface area (Å²) in [7, 11) is -3.58. The highest BCUT2D eigenvalue weighted by Crippen LogP contribution is 2.27. The van der Waals surface area contributed by atoms with Crippen LogP contribution in [-0.4, -0.2) is 34.0 Å². The normalized spacial score (nSPS) is 15.6. The van der Waals surface area contributed by atoms with Gasteiger partial charge in [-0.25, -0.2) is 13.1 Å². The summed E-state index contributed by atoms with van der Waals surface area (Å²) in [5.41, 5.74) is 0. The summed E-state index contributed by atoms with van der Waals surface area (Å²) in [6.07, 6.45) is 7.79. The Hall–Kier alpha value is -1.60. The smallest absolute Gasteiger partial charge is 0.240 e. The highest BCUT2D eigenvalue weighted by molar-refractivity contribution is 7.89. The van der Waals surface area contributed by atoms with Gasteiger partial charge in [0.05, 0.1) is 11.5 Å². The Balaban J connectivity index is 1.66. The minimum Gasteiger partial charge on any atom is -0.494 e. The van der Waals surface area contributed by atoms with E-state index in [0.29, 0.717) is 31.2 Å². The first-order valence-electron chi connectivity index (χ1n) is 9.50. The molecule has 7 heteroatoms. The van der Waals surface area contributed by atoms with Crippen molar-refractivity contribution in [2.45, 2.75) is 56.8 Å². The van der Waals surface area contributed by atoms with Crippen LogP contribution >= 0.6 is 0 Å². The lowest BCUT2D eigenvalue weighted by molar-refractivity contribution is -0.121. The molecule has 0 bridgehead atoms. The van der Waals surface area contributed by atoms with E-state index in [1.165, 1.54) is 44.2 Å². The number of sulfonamides is 1. The lowest BCUT2D eigenvalue weighted by atomic mass is 9.86. The van der Waals surface area contributed by atoms with Crippen molar-refractivity contribution in [2.24, 2.45) is 5.92 Å². The molecule has 1 aromatic rings. The Bertz CT molecular complexity index is 653. The van der Waals surface area contributed by atoms with Crippen LogP contribution < -0.4 is 14.8 Å². The van der Waals surface area contributed by atoms with Crippen LogP contribution in [0.5, 0.6) is 5.75 Å².